The molecule has 0 aliphatic carbocycles. The van der Waals surface area contributed by atoms with E-state index in [2.05, 4.69) is 6.92 Å². The lowest BCUT2D eigenvalue weighted by molar-refractivity contribution is -0.203. The first-order chi connectivity index (χ1) is 9.11. The third kappa shape index (κ3) is 7.50. The van der Waals surface area contributed by atoms with Crippen molar-refractivity contribution in [1.29, 1.82) is 0 Å². The summed E-state index contributed by atoms with van der Waals surface area (Å²) in [5.41, 5.74) is 0. The maximum absolute atomic E-state index is 11.5. The molecule has 0 saturated carbocycles. The van der Waals surface area contributed by atoms with E-state index in [0.29, 0.717) is 12.8 Å². The Labute approximate surface area is 114 Å². The average Bonchev–Trinajstić information content (AvgIpc) is 2.35. The molecule has 1 heterocycles. The van der Waals surface area contributed by atoms with E-state index in [4.69, 9.17) is 9.47 Å². The van der Waals surface area contributed by atoms with Gasteiger partial charge in [0.25, 0.3) is 0 Å². The number of esters is 1. The molecule has 0 amide bonds. The molecule has 0 aromatic heterocycles. The van der Waals surface area contributed by atoms with Crippen molar-refractivity contribution in [2.24, 2.45) is 0 Å². The van der Waals surface area contributed by atoms with E-state index >= 15 is 0 Å². The summed E-state index contributed by atoms with van der Waals surface area (Å²) >= 11 is 0. The Morgan fingerprint density at radius 2 is 1.95 bits per heavy atom. The molecule has 1 saturated heterocycles. The molecule has 1 fully saturated rings. The fourth-order valence-electron chi connectivity index (χ4n) is 2.20. The van der Waals surface area contributed by atoms with Gasteiger partial charge in [-0.2, -0.15) is 0 Å². The van der Waals surface area contributed by atoms with E-state index in [1.807, 2.05) is 0 Å². The maximum atomic E-state index is 11.5. The van der Waals surface area contributed by atoms with Crippen molar-refractivity contribution in [2.45, 2.75) is 76.8 Å². The molecule has 5 nitrogen and oxygen atoms in total. The SMILES string of the molecule is CCCCCCCC(=O)OC[C@@H]1C[C@H](O)CC(O)O1. The second-order valence-corrected chi connectivity index (χ2v) is 5.19. The molecule has 5 heteroatoms. The number of aliphatic hydroxyl groups excluding tert-OH is 2. The Morgan fingerprint density at radius 1 is 1.21 bits per heavy atom. The van der Waals surface area contributed by atoms with Crippen LogP contribution in [0.25, 0.3) is 0 Å². The van der Waals surface area contributed by atoms with Crippen LogP contribution in [0.2, 0.25) is 0 Å². The zero-order valence-corrected chi connectivity index (χ0v) is 11.7. The van der Waals surface area contributed by atoms with Gasteiger partial charge in [0.05, 0.1) is 12.2 Å². The van der Waals surface area contributed by atoms with Gasteiger partial charge in [0.15, 0.2) is 6.29 Å². The van der Waals surface area contributed by atoms with Crippen molar-refractivity contribution < 1.29 is 24.5 Å². The summed E-state index contributed by atoms with van der Waals surface area (Å²) in [6.07, 6.45) is 4.59. The highest BCUT2D eigenvalue weighted by molar-refractivity contribution is 5.69. The normalized spacial score (nSPS) is 27.2. The first-order valence-corrected chi connectivity index (χ1v) is 7.29. The van der Waals surface area contributed by atoms with Crippen LogP contribution in [0.5, 0.6) is 0 Å². The van der Waals surface area contributed by atoms with E-state index in [1.54, 1.807) is 0 Å². The Bertz CT molecular complexity index is 246. The first kappa shape index (κ1) is 16.4. The smallest absolute Gasteiger partial charge is 0.305 e. The lowest BCUT2D eigenvalue weighted by Crippen LogP contribution is -2.38. The molecule has 1 unspecified atom stereocenters. The average molecular weight is 274 g/mol. The Hall–Kier alpha value is -0.650. The van der Waals surface area contributed by atoms with Gasteiger partial charge in [-0.3, -0.25) is 4.79 Å². The number of hydrogen-bond acceptors (Lipinski definition) is 5. The van der Waals surface area contributed by atoms with Gasteiger partial charge >= 0.3 is 5.97 Å². The minimum atomic E-state index is -0.957. The van der Waals surface area contributed by atoms with Crippen LogP contribution in [0, 0.1) is 0 Å². The lowest BCUT2D eigenvalue weighted by Gasteiger charge is -2.29. The van der Waals surface area contributed by atoms with Crippen LogP contribution in [-0.4, -0.2) is 41.3 Å². The number of unbranched alkanes of at least 4 members (excludes halogenated alkanes) is 4. The highest BCUT2D eigenvalue weighted by Crippen LogP contribution is 2.18. The van der Waals surface area contributed by atoms with Crippen molar-refractivity contribution in [3.05, 3.63) is 0 Å². The number of aliphatic hydroxyl groups is 2. The molecule has 0 aromatic carbocycles. The van der Waals surface area contributed by atoms with Gasteiger partial charge in [0.2, 0.25) is 0 Å². The number of carbonyl (C=O) groups excluding carboxylic acids is 1. The largest absolute Gasteiger partial charge is 0.463 e. The van der Waals surface area contributed by atoms with E-state index < -0.39 is 18.5 Å². The summed E-state index contributed by atoms with van der Waals surface area (Å²) in [5, 5.41) is 18.8. The zero-order valence-electron chi connectivity index (χ0n) is 11.7. The van der Waals surface area contributed by atoms with Crippen molar-refractivity contribution >= 4 is 5.97 Å². The number of rotatable bonds is 8. The molecule has 112 valence electrons. The van der Waals surface area contributed by atoms with Gasteiger partial charge in [-0.15, -0.1) is 0 Å². The molecule has 0 aromatic rings. The van der Waals surface area contributed by atoms with Crippen LogP contribution in [0.1, 0.15) is 58.3 Å². The molecule has 19 heavy (non-hydrogen) atoms. The first-order valence-electron chi connectivity index (χ1n) is 7.29. The molecule has 1 aliphatic heterocycles. The van der Waals surface area contributed by atoms with Crippen LogP contribution >= 0.6 is 0 Å². The molecule has 0 bridgehead atoms. The van der Waals surface area contributed by atoms with E-state index in [-0.39, 0.29) is 19.0 Å². The fraction of sp³-hybridized carbons (Fsp3) is 0.929. The number of ether oxygens (including phenoxy) is 2. The summed E-state index contributed by atoms with van der Waals surface area (Å²) in [5.74, 6) is -0.227. The monoisotopic (exact) mass is 274 g/mol. The summed E-state index contributed by atoms with van der Waals surface area (Å²) < 4.78 is 10.3. The number of hydrogen-bond donors (Lipinski definition) is 2. The number of carbonyl (C=O) groups is 1. The topological polar surface area (TPSA) is 76.0 Å². The van der Waals surface area contributed by atoms with Crippen molar-refractivity contribution in [3.8, 4) is 0 Å². The molecular weight excluding hydrogens is 248 g/mol. The molecule has 0 spiro atoms. The molecule has 1 aliphatic rings. The van der Waals surface area contributed by atoms with E-state index in [0.717, 1.165) is 19.3 Å². The lowest BCUT2D eigenvalue weighted by atomic mass is 10.1. The molecule has 3 atom stereocenters. The van der Waals surface area contributed by atoms with Crippen LogP contribution in [0.4, 0.5) is 0 Å². The predicted molar refractivity (Wildman–Crippen MR) is 70.5 cm³/mol. The third-order valence-electron chi connectivity index (χ3n) is 3.27. The second-order valence-electron chi connectivity index (χ2n) is 5.19. The summed E-state index contributed by atoms with van der Waals surface area (Å²) in [6, 6.07) is 0. The molecule has 2 N–H and O–H groups in total. The quantitative estimate of drug-likeness (QED) is 0.521. The van der Waals surface area contributed by atoms with E-state index in [9.17, 15) is 15.0 Å². The Kier molecular flexibility index (Phi) is 8.02. The van der Waals surface area contributed by atoms with Crippen molar-refractivity contribution in [2.75, 3.05) is 6.61 Å². The third-order valence-corrected chi connectivity index (χ3v) is 3.27. The van der Waals surface area contributed by atoms with Gasteiger partial charge in [-0.05, 0) is 6.42 Å². The standard InChI is InChI=1S/C14H26O5/c1-2-3-4-5-6-7-13(16)18-10-12-8-11(15)9-14(17)19-12/h11-12,14-15,17H,2-10H2,1H3/t11-,12-,14?/m0/s1. The van der Waals surface area contributed by atoms with Crippen molar-refractivity contribution in [3.63, 3.8) is 0 Å². The van der Waals surface area contributed by atoms with Crippen LogP contribution in [0.15, 0.2) is 0 Å². The van der Waals surface area contributed by atoms with Crippen LogP contribution < -0.4 is 0 Å². The molecule has 0 radical (unpaired) electrons. The fourth-order valence-corrected chi connectivity index (χ4v) is 2.20. The summed E-state index contributed by atoms with van der Waals surface area (Å²) in [4.78, 5) is 11.5. The Balaban J connectivity index is 2.06. The highest BCUT2D eigenvalue weighted by Gasteiger charge is 2.27. The van der Waals surface area contributed by atoms with Gasteiger partial charge in [-0.1, -0.05) is 32.6 Å². The summed E-state index contributed by atoms with van der Waals surface area (Å²) in [7, 11) is 0. The van der Waals surface area contributed by atoms with Crippen LogP contribution in [-0.2, 0) is 14.3 Å². The van der Waals surface area contributed by atoms with Gasteiger partial charge in [0.1, 0.15) is 6.61 Å². The molecule has 1 rings (SSSR count). The maximum Gasteiger partial charge on any atom is 0.305 e. The van der Waals surface area contributed by atoms with Crippen LogP contribution in [0.3, 0.4) is 0 Å². The predicted octanol–water partition coefficient (Wildman–Crippen LogP) is 1.75. The van der Waals surface area contributed by atoms with Gasteiger partial charge in [-0.25, -0.2) is 0 Å². The Morgan fingerprint density at radius 3 is 2.63 bits per heavy atom. The van der Waals surface area contributed by atoms with E-state index in [1.165, 1.54) is 12.8 Å². The second kappa shape index (κ2) is 9.28. The van der Waals surface area contributed by atoms with Gasteiger partial charge < -0.3 is 19.7 Å². The summed E-state index contributed by atoms with van der Waals surface area (Å²) in [6.45, 7) is 2.27. The molecular formula is C14H26O5. The van der Waals surface area contributed by atoms with Crippen molar-refractivity contribution in [1.82, 2.24) is 0 Å². The minimum absolute atomic E-state index is 0.113. The minimum Gasteiger partial charge on any atom is -0.463 e. The highest BCUT2D eigenvalue weighted by atomic mass is 16.6. The van der Waals surface area contributed by atoms with Gasteiger partial charge in [0, 0.05) is 19.3 Å². The zero-order chi connectivity index (χ0) is 14.1.